The van der Waals surface area contributed by atoms with Gasteiger partial charge >= 0.3 is 6.18 Å². The molecule has 0 unspecified atom stereocenters. The molecule has 2 heterocycles. The molecule has 0 spiro atoms. The largest absolute Gasteiger partial charge is 0.469 e. The lowest BCUT2D eigenvalue weighted by molar-refractivity contribution is -0.142. The molecule has 3 aromatic rings. The highest BCUT2D eigenvalue weighted by Crippen LogP contribution is 2.27. The predicted molar refractivity (Wildman–Crippen MR) is 91.1 cm³/mol. The second kappa shape index (κ2) is 7.26. The number of nitrogens with zero attached hydrogens (tertiary/aromatic N) is 2. The molecule has 1 atom stereocenters. The van der Waals surface area contributed by atoms with E-state index in [4.69, 9.17) is 4.42 Å². The Morgan fingerprint density at radius 1 is 1.26 bits per heavy atom. The summed E-state index contributed by atoms with van der Waals surface area (Å²) in [5.41, 5.74) is -2.75. The summed E-state index contributed by atoms with van der Waals surface area (Å²) in [6.45, 7) is 1.59. The SMILES string of the molecule is C[C@H](C(=O)NCCc1ccco1)n1c(=O)c(C(F)(F)F)nc2ccccc21. The van der Waals surface area contributed by atoms with Gasteiger partial charge in [-0.25, -0.2) is 4.98 Å². The molecular weight excluding hydrogens is 363 g/mol. The number of rotatable bonds is 5. The third-order valence-electron chi connectivity index (χ3n) is 4.08. The Balaban J connectivity index is 1.93. The van der Waals surface area contributed by atoms with Crippen molar-refractivity contribution in [3.8, 4) is 0 Å². The number of para-hydroxylation sites is 2. The number of fused-ring (bicyclic) bond motifs is 1. The highest BCUT2D eigenvalue weighted by molar-refractivity contribution is 5.83. The summed E-state index contributed by atoms with van der Waals surface area (Å²) in [5.74, 6) is 0.0852. The van der Waals surface area contributed by atoms with Crippen LogP contribution < -0.4 is 10.9 Å². The summed E-state index contributed by atoms with van der Waals surface area (Å²) in [4.78, 5) is 28.3. The van der Waals surface area contributed by atoms with Crippen LogP contribution in [0.1, 0.15) is 24.4 Å². The standard InChI is InChI=1S/C18H16F3N3O3/c1-11(16(25)22-9-8-12-5-4-10-27-12)24-14-7-3-2-6-13(14)23-15(17(24)26)18(19,20)21/h2-7,10-11H,8-9H2,1H3,(H,22,25)/t11-/m1/s1. The van der Waals surface area contributed by atoms with Gasteiger partial charge in [0.15, 0.2) is 0 Å². The second-order valence-corrected chi connectivity index (χ2v) is 5.92. The van der Waals surface area contributed by atoms with Gasteiger partial charge in [0.05, 0.1) is 17.3 Å². The molecule has 0 aliphatic carbocycles. The molecular formula is C18H16F3N3O3. The smallest absolute Gasteiger partial charge is 0.438 e. The van der Waals surface area contributed by atoms with Crippen LogP contribution in [0.3, 0.4) is 0 Å². The topological polar surface area (TPSA) is 77.1 Å². The minimum absolute atomic E-state index is 0.0142. The van der Waals surface area contributed by atoms with Crippen LogP contribution in [-0.4, -0.2) is 22.0 Å². The van der Waals surface area contributed by atoms with E-state index in [2.05, 4.69) is 10.3 Å². The van der Waals surface area contributed by atoms with Crippen LogP contribution in [0.4, 0.5) is 13.2 Å². The maximum atomic E-state index is 13.2. The first kappa shape index (κ1) is 18.7. The van der Waals surface area contributed by atoms with Crippen molar-refractivity contribution in [1.82, 2.24) is 14.9 Å². The van der Waals surface area contributed by atoms with Crippen molar-refractivity contribution < 1.29 is 22.4 Å². The molecule has 0 saturated carbocycles. The first-order chi connectivity index (χ1) is 12.8. The van der Waals surface area contributed by atoms with Crippen molar-refractivity contribution >= 4 is 16.9 Å². The molecule has 1 amide bonds. The zero-order chi connectivity index (χ0) is 19.6. The van der Waals surface area contributed by atoms with Crippen LogP contribution >= 0.6 is 0 Å². The van der Waals surface area contributed by atoms with E-state index in [1.54, 1.807) is 18.2 Å². The number of aromatic nitrogens is 2. The lowest BCUT2D eigenvalue weighted by Crippen LogP contribution is -2.39. The molecule has 6 nitrogen and oxygen atoms in total. The maximum absolute atomic E-state index is 13.2. The molecule has 2 aromatic heterocycles. The number of hydrogen-bond donors (Lipinski definition) is 1. The average Bonchev–Trinajstić information content (AvgIpc) is 3.13. The van der Waals surface area contributed by atoms with E-state index in [0.717, 1.165) is 4.57 Å². The van der Waals surface area contributed by atoms with Crippen LogP contribution in [0.2, 0.25) is 0 Å². The highest BCUT2D eigenvalue weighted by atomic mass is 19.4. The van der Waals surface area contributed by atoms with Crippen molar-refractivity contribution in [2.45, 2.75) is 25.6 Å². The van der Waals surface area contributed by atoms with Gasteiger partial charge in [-0.05, 0) is 31.2 Å². The highest BCUT2D eigenvalue weighted by Gasteiger charge is 2.38. The van der Waals surface area contributed by atoms with Gasteiger partial charge in [0.2, 0.25) is 11.6 Å². The Hall–Kier alpha value is -3.10. The number of carbonyl (C=O) groups excluding carboxylic acids is 1. The number of furan rings is 1. The van der Waals surface area contributed by atoms with Gasteiger partial charge < -0.3 is 9.73 Å². The van der Waals surface area contributed by atoms with Crippen molar-refractivity contribution in [3.63, 3.8) is 0 Å². The van der Waals surface area contributed by atoms with Gasteiger partial charge in [-0.2, -0.15) is 13.2 Å². The van der Waals surface area contributed by atoms with Gasteiger partial charge in [-0.1, -0.05) is 12.1 Å². The Labute approximate surface area is 151 Å². The normalized spacial score (nSPS) is 12.9. The molecule has 0 fully saturated rings. The number of carbonyl (C=O) groups is 1. The summed E-state index contributed by atoms with van der Waals surface area (Å²) in [6, 6.07) is 8.20. The molecule has 9 heteroatoms. The zero-order valence-corrected chi connectivity index (χ0v) is 14.3. The summed E-state index contributed by atoms with van der Waals surface area (Å²) < 4.78 is 45.6. The molecule has 0 saturated heterocycles. The van der Waals surface area contributed by atoms with Crippen LogP contribution in [0.5, 0.6) is 0 Å². The van der Waals surface area contributed by atoms with E-state index in [1.165, 1.54) is 31.4 Å². The maximum Gasteiger partial charge on any atom is 0.438 e. The van der Waals surface area contributed by atoms with E-state index in [9.17, 15) is 22.8 Å². The quantitative estimate of drug-likeness (QED) is 0.740. The molecule has 0 bridgehead atoms. The van der Waals surface area contributed by atoms with Crippen molar-refractivity contribution in [2.75, 3.05) is 6.54 Å². The van der Waals surface area contributed by atoms with E-state index >= 15 is 0 Å². The molecule has 1 aromatic carbocycles. The number of benzene rings is 1. The number of amides is 1. The first-order valence-electron chi connectivity index (χ1n) is 8.17. The van der Waals surface area contributed by atoms with E-state index in [0.29, 0.717) is 12.2 Å². The van der Waals surface area contributed by atoms with Crippen LogP contribution in [0.25, 0.3) is 11.0 Å². The van der Waals surface area contributed by atoms with Crippen LogP contribution in [0.15, 0.2) is 51.9 Å². The van der Waals surface area contributed by atoms with E-state index < -0.39 is 29.4 Å². The van der Waals surface area contributed by atoms with Crippen LogP contribution in [0, 0.1) is 0 Å². The van der Waals surface area contributed by atoms with Gasteiger partial charge in [0.25, 0.3) is 5.56 Å². The zero-order valence-electron chi connectivity index (χ0n) is 14.3. The van der Waals surface area contributed by atoms with Gasteiger partial charge in [-0.15, -0.1) is 0 Å². The molecule has 3 rings (SSSR count). The molecule has 0 radical (unpaired) electrons. The summed E-state index contributed by atoms with van der Waals surface area (Å²) >= 11 is 0. The minimum atomic E-state index is -4.92. The van der Waals surface area contributed by atoms with E-state index in [1.807, 2.05) is 0 Å². The van der Waals surface area contributed by atoms with Crippen LogP contribution in [-0.2, 0) is 17.4 Å². The van der Waals surface area contributed by atoms with Crippen molar-refractivity contribution in [3.05, 3.63) is 64.5 Å². The second-order valence-electron chi connectivity index (χ2n) is 5.92. The number of alkyl halides is 3. The molecule has 0 aliphatic rings. The lowest BCUT2D eigenvalue weighted by Gasteiger charge is -2.19. The van der Waals surface area contributed by atoms with E-state index in [-0.39, 0.29) is 17.6 Å². The molecule has 27 heavy (non-hydrogen) atoms. The van der Waals surface area contributed by atoms with Gasteiger partial charge in [-0.3, -0.25) is 14.2 Å². The fourth-order valence-electron chi connectivity index (χ4n) is 2.75. The molecule has 142 valence electrons. The van der Waals surface area contributed by atoms with Crippen molar-refractivity contribution in [1.29, 1.82) is 0 Å². The Bertz CT molecular complexity index is 1010. The lowest BCUT2D eigenvalue weighted by atomic mass is 10.2. The Morgan fingerprint density at radius 2 is 2.00 bits per heavy atom. The number of halogens is 3. The monoisotopic (exact) mass is 379 g/mol. The third-order valence-corrected chi connectivity index (χ3v) is 4.08. The number of hydrogen-bond acceptors (Lipinski definition) is 4. The summed E-state index contributed by atoms with van der Waals surface area (Å²) in [6.07, 6.45) is -3.00. The minimum Gasteiger partial charge on any atom is -0.469 e. The fraction of sp³-hybridized carbons (Fsp3) is 0.278. The number of nitrogens with one attached hydrogen (secondary N) is 1. The molecule has 1 N–H and O–H groups in total. The average molecular weight is 379 g/mol. The van der Waals surface area contributed by atoms with Crippen molar-refractivity contribution in [2.24, 2.45) is 0 Å². The third kappa shape index (κ3) is 3.86. The summed E-state index contributed by atoms with van der Waals surface area (Å²) in [7, 11) is 0. The van der Waals surface area contributed by atoms with Gasteiger partial charge in [0.1, 0.15) is 11.8 Å². The van der Waals surface area contributed by atoms with Gasteiger partial charge in [0, 0.05) is 13.0 Å². The fourth-order valence-corrected chi connectivity index (χ4v) is 2.75. The first-order valence-corrected chi connectivity index (χ1v) is 8.17. The Morgan fingerprint density at radius 3 is 2.67 bits per heavy atom. The predicted octanol–water partition coefficient (Wildman–Crippen LogP) is 2.93. The Kier molecular flexibility index (Phi) is 5.02. The summed E-state index contributed by atoms with van der Waals surface area (Å²) in [5, 5.41) is 2.61. The molecule has 0 aliphatic heterocycles.